The molecule has 4 heteroatoms. The van der Waals surface area contributed by atoms with E-state index in [1.165, 1.54) is 0 Å². The van der Waals surface area contributed by atoms with Gasteiger partial charge in [-0.15, -0.1) is 0 Å². The fourth-order valence-electron chi connectivity index (χ4n) is 1.34. The highest BCUT2D eigenvalue weighted by Crippen LogP contribution is 2.37. The number of halogens is 2. The van der Waals surface area contributed by atoms with Crippen LogP contribution in [0.4, 0.5) is 0 Å². The van der Waals surface area contributed by atoms with Gasteiger partial charge in [-0.25, -0.2) is 4.99 Å². The van der Waals surface area contributed by atoms with Crippen LogP contribution in [0.3, 0.4) is 0 Å². The Bertz CT molecular complexity index is 415. The molecule has 2 rings (SSSR count). The summed E-state index contributed by atoms with van der Waals surface area (Å²) >= 11 is 9.48. The average molecular weight is 275 g/mol. The van der Waals surface area contributed by atoms with Crippen LogP contribution in [-0.2, 0) is 0 Å². The first-order valence-electron chi connectivity index (χ1n) is 4.23. The van der Waals surface area contributed by atoms with Crippen LogP contribution in [0, 0.1) is 0 Å². The van der Waals surface area contributed by atoms with Crippen molar-refractivity contribution in [3.8, 4) is 5.75 Å². The highest BCUT2D eigenvalue weighted by atomic mass is 79.9. The van der Waals surface area contributed by atoms with E-state index in [1.54, 1.807) is 0 Å². The maximum Gasteiger partial charge on any atom is 0.196 e. The van der Waals surface area contributed by atoms with Crippen molar-refractivity contribution in [1.29, 1.82) is 0 Å². The zero-order valence-electron chi connectivity index (χ0n) is 7.84. The lowest BCUT2D eigenvalue weighted by Gasteiger charge is -2.28. The van der Waals surface area contributed by atoms with Gasteiger partial charge in [0, 0.05) is 0 Å². The standard InChI is InChI=1S/C10H9BrClNO/c1-10(2)13-9(12)6-4-3-5-7(11)8(6)14-10/h3-5H,1-2H3. The third-order valence-corrected chi connectivity index (χ3v) is 2.82. The molecule has 74 valence electrons. The molecule has 0 aromatic heterocycles. The van der Waals surface area contributed by atoms with Gasteiger partial charge in [0.15, 0.2) is 5.72 Å². The topological polar surface area (TPSA) is 21.6 Å². The van der Waals surface area contributed by atoms with Crippen molar-refractivity contribution in [2.75, 3.05) is 0 Å². The van der Waals surface area contributed by atoms with E-state index in [2.05, 4.69) is 20.9 Å². The van der Waals surface area contributed by atoms with E-state index in [-0.39, 0.29) is 0 Å². The molecule has 0 fully saturated rings. The molecule has 1 aliphatic rings. The summed E-state index contributed by atoms with van der Waals surface area (Å²) in [7, 11) is 0. The van der Waals surface area contributed by atoms with Crippen molar-refractivity contribution in [2.24, 2.45) is 4.99 Å². The Morgan fingerprint density at radius 1 is 1.43 bits per heavy atom. The number of para-hydroxylation sites is 1. The summed E-state index contributed by atoms with van der Waals surface area (Å²) in [5.74, 6) is 0.762. The summed E-state index contributed by atoms with van der Waals surface area (Å²) in [5.41, 5.74) is 0.244. The molecule has 1 aromatic rings. The molecule has 0 aliphatic carbocycles. The monoisotopic (exact) mass is 273 g/mol. The molecule has 14 heavy (non-hydrogen) atoms. The van der Waals surface area contributed by atoms with Gasteiger partial charge < -0.3 is 4.74 Å². The van der Waals surface area contributed by atoms with Gasteiger partial charge in [-0.3, -0.25) is 0 Å². The number of ether oxygens (including phenoxy) is 1. The molecule has 0 saturated carbocycles. The molecule has 2 nitrogen and oxygen atoms in total. The Labute approximate surface area is 96.1 Å². The van der Waals surface area contributed by atoms with Crippen LogP contribution in [0.5, 0.6) is 5.75 Å². The largest absolute Gasteiger partial charge is 0.465 e. The summed E-state index contributed by atoms with van der Waals surface area (Å²) < 4.78 is 6.60. The lowest BCUT2D eigenvalue weighted by Crippen LogP contribution is -2.30. The quantitative estimate of drug-likeness (QED) is 0.709. The van der Waals surface area contributed by atoms with Crippen LogP contribution in [0.25, 0.3) is 0 Å². The lowest BCUT2D eigenvalue weighted by molar-refractivity contribution is 0.115. The summed E-state index contributed by atoms with van der Waals surface area (Å²) in [4.78, 5) is 4.24. The van der Waals surface area contributed by atoms with E-state index < -0.39 is 5.72 Å². The normalized spacial score (nSPS) is 18.1. The van der Waals surface area contributed by atoms with Gasteiger partial charge >= 0.3 is 0 Å². The van der Waals surface area contributed by atoms with Crippen LogP contribution >= 0.6 is 27.5 Å². The van der Waals surface area contributed by atoms with E-state index in [4.69, 9.17) is 16.3 Å². The van der Waals surface area contributed by atoms with Gasteiger partial charge in [0.1, 0.15) is 10.9 Å². The third-order valence-electron chi connectivity index (χ3n) is 1.91. The summed E-state index contributed by atoms with van der Waals surface area (Å²) in [6.07, 6.45) is 0. The predicted molar refractivity (Wildman–Crippen MR) is 61.2 cm³/mol. The number of aliphatic imine (C=N–C) groups is 1. The summed E-state index contributed by atoms with van der Waals surface area (Å²) in [6.45, 7) is 3.75. The van der Waals surface area contributed by atoms with Crippen LogP contribution in [0.2, 0.25) is 0 Å². The van der Waals surface area contributed by atoms with E-state index in [9.17, 15) is 0 Å². The number of hydrogen-bond donors (Lipinski definition) is 0. The van der Waals surface area contributed by atoms with Crippen LogP contribution in [0.15, 0.2) is 27.7 Å². The minimum Gasteiger partial charge on any atom is -0.465 e. The van der Waals surface area contributed by atoms with Crippen molar-refractivity contribution < 1.29 is 4.74 Å². The maximum absolute atomic E-state index is 6.05. The first-order chi connectivity index (χ1) is 6.49. The van der Waals surface area contributed by atoms with Crippen molar-refractivity contribution in [1.82, 2.24) is 0 Å². The molecule has 0 bridgehead atoms. The van der Waals surface area contributed by atoms with Crippen LogP contribution in [-0.4, -0.2) is 10.9 Å². The van der Waals surface area contributed by atoms with E-state index in [0.29, 0.717) is 5.17 Å². The second-order valence-corrected chi connectivity index (χ2v) is 4.78. The zero-order valence-corrected chi connectivity index (χ0v) is 10.2. The summed E-state index contributed by atoms with van der Waals surface area (Å²) in [5, 5.41) is 0.498. The highest BCUT2D eigenvalue weighted by molar-refractivity contribution is 9.10. The van der Waals surface area contributed by atoms with Gasteiger partial charge in [-0.05, 0) is 41.9 Å². The second-order valence-electron chi connectivity index (χ2n) is 3.57. The smallest absolute Gasteiger partial charge is 0.196 e. The molecule has 0 unspecified atom stereocenters. The zero-order chi connectivity index (χ0) is 10.3. The number of fused-ring (bicyclic) bond motifs is 1. The molecule has 0 amide bonds. The number of rotatable bonds is 0. The van der Waals surface area contributed by atoms with Gasteiger partial charge in [0.2, 0.25) is 0 Å². The van der Waals surface area contributed by atoms with Gasteiger partial charge in [0.05, 0.1) is 10.0 Å². The Morgan fingerprint density at radius 2 is 2.14 bits per heavy atom. The van der Waals surface area contributed by atoms with Crippen LogP contribution < -0.4 is 4.74 Å². The van der Waals surface area contributed by atoms with E-state index in [0.717, 1.165) is 15.8 Å². The van der Waals surface area contributed by atoms with Crippen molar-refractivity contribution in [2.45, 2.75) is 19.6 Å². The molecule has 1 aliphatic heterocycles. The molecule has 1 heterocycles. The third kappa shape index (κ3) is 1.66. The first kappa shape index (κ1) is 9.99. The SMILES string of the molecule is CC1(C)N=C(Cl)c2cccc(Br)c2O1. The molecule has 1 aromatic carbocycles. The number of nitrogens with zero attached hydrogens (tertiary/aromatic N) is 1. The average Bonchev–Trinajstić information content (AvgIpc) is 2.05. The van der Waals surface area contributed by atoms with Gasteiger partial charge in [-0.1, -0.05) is 17.7 Å². The molecule has 0 saturated heterocycles. The molecular formula is C10H9BrClNO. The first-order valence-corrected chi connectivity index (χ1v) is 5.40. The molecule has 0 radical (unpaired) electrons. The predicted octanol–water partition coefficient (Wildman–Crippen LogP) is 3.56. The number of benzene rings is 1. The Kier molecular flexibility index (Phi) is 2.32. The Balaban J connectivity index is 2.62. The van der Waals surface area contributed by atoms with Crippen molar-refractivity contribution >= 4 is 32.7 Å². The van der Waals surface area contributed by atoms with E-state index in [1.807, 2.05) is 32.0 Å². The lowest BCUT2D eigenvalue weighted by atomic mass is 10.1. The van der Waals surface area contributed by atoms with E-state index >= 15 is 0 Å². The van der Waals surface area contributed by atoms with Gasteiger partial charge in [0.25, 0.3) is 0 Å². The van der Waals surface area contributed by atoms with Crippen molar-refractivity contribution in [3.63, 3.8) is 0 Å². The minimum absolute atomic E-state index is 0.498. The maximum atomic E-state index is 6.05. The Hall–Kier alpha value is -0.540. The molecule has 0 spiro atoms. The summed E-state index contributed by atoms with van der Waals surface area (Å²) in [6, 6.07) is 5.72. The minimum atomic E-state index is -0.589. The molecule has 0 atom stereocenters. The molecular weight excluding hydrogens is 265 g/mol. The van der Waals surface area contributed by atoms with Crippen molar-refractivity contribution in [3.05, 3.63) is 28.2 Å². The number of hydrogen-bond acceptors (Lipinski definition) is 2. The fourth-order valence-corrected chi connectivity index (χ4v) is 2.14. The Morgan fingerprint density at radius 3 is 2.86 bits per heavy atom. The van der Waals surface area contributed by atoms with Gasteiger partial charge in [-0.2, -0.15) is 0 Å². The molecule has 0 N–H and O–H groups in total. The second kappa shape index (κ2) is 3.24. The highest BCUT2D eigenvalue weighted by Gasteiger charge is 2.28. The van der Waals surface area contributed by atoms with Crippen LogP contribution in [0.1, 0.15) is 19.4 Å². The fraction of sp³-hybridized carbons (Fsp3) is 0.300.